The number of allylic oxidation sites excluding steroid dienone is 1. The monoisotopic (exact) mass is 194 g/mol. The molecule has 2 unspecified atom stereocenters. The second-order valence-electron chi connectivity index (χ2n) is 3.68. The van der Waals surface area contributed by atoms with E-state index in [0.717, 1.165) is 12.8 Å². The molecule has 2 nitrogen and oxygen atoms in total. The minimum absolute atomic E-state index is 0.143. The summed E-state index contributed by atoms with van der Waals surface area (Å²) in [4.78, 5) is 0. The van der Waals surface area contributed by atoms with Crippen LogP contribution < -0.4 is 0 Å². The van der Waals surface area contributed by atoms with Crippen LogP contribution in [0.5, 0.6) is 0 Å². The first-order valence-electron chi connectivity index (χ1n) is 5.16. The van der Waals surface area contributed by atoms with Crippen molar-refractivity contribution < 1.29 is 9.84 Å². The highest BCUT2D eigenvalue weighted by molar-refractivity contribution is 5.30. The van der Waals surface area contributed by atoms with E-state index >= 15 is 0 Å². The van der Waals surface area contributed by atoms with E-state index in [-0.39, 0.29) is 6.10 Å². The molecular formula is C12H18O2. The van der Waals surface area contributed by atoms with E-state index in [9.17, 15) is 5.11 Å². The SMILES string of the molecule is CC#CC1(O)CCC=C1OC(C)CC. The van der Waals surface area contributed by atoms with E-state index in [1.54, 1.807) is 6.92 Å². The number of hydrogen-bond donors (Lipinski definition) is 1. The summed E-state index contributed by atoms with van der Waals surface area (Å²) in [7, 11) is 0. The summed E-state index contributed by atoms with van der Waals surface area (Å²) in [6.45, 7) is 5.79. The van der Waals surface area contributed by atoms with Gasteiger partial charge in [-0.1, -0.05) is 12.8 Å². The Morgan fingerprint density at radius 2 is 2.43 bits per heavy atom. The molecule has 1 aliphatic carbocycles. The Morgan fingerprint density at radius 3 is 3.00 bits per heavy atom. The molecule has 0 bridgehead atoms. The summed E-state index contributed by atoms with van der Waals surface area (Å²) < 4.78 is 5.64. The van der Waals surface area contributed by atoms with Crippen molar-refractivity contribution in [2.24, 2.45) is 0 Å². The minimum atomic E-state index is -1.03. The summed E-state index contributed by atoms with van der Waals surface area (Å²) in [5, 5.41) is 10.1. The fraction of sp³-hybridized carbons (Fsp3) is 0.667. The fourth-order valence-corrected chi connectivity index (χ4v) is 1.48. The third-order valence-corrected chi connectivity index (χ3v) is 2.48. The van der Waals surface area contributed by atoms with Gasteiger partial charge in [0, 0.05) is 0 Å². The van der Waals surface area contributed by atoms with Crippen LogP contribution in [0.15, 0.2) is 11.8 Å². The first-order valence-corrected chi connectivity index (χ1v) is 5.16. The molecule has 0 spiro atoms. The molecule has 1 aliphatic rings. The normalized spacial score (nSPS) is 27.6. The largest absolute Gasteiger partial charge is 0.491 e. The van der Waals surface area contributed by atoms with Gasteiger partial charge < -0.3 is 9.84 Å². The van der Waals surface area contributed by atoms with Gasteiger partial charge in [0.25, 0.3) is 0 Å². The molecule has 0 aromatic carbocycles. The highest BCUT2D eigenvalue weighted by Crippen LogP contribution is 2.31. The smallest absolute Gasteiger partial charge is 0.182 e. The van der Waals surface area contributed by atoms with Crippen molar-refractivity contribution in [2.75, 3.05) is 0 Å². The molecule has 14 heavy (non-hydrogen) atoms. The van der Waals surface area contributed by atoms with Crippen LogP contribution in [-0.2, 0) is 4.74 Å². The maximum absolute atomic E-state index is 10.1. The van der Waals surface area contributed by atoms with Crippen LogP contribution in [-0.4, -0.2) is 16.8 Å². The van der Waals surface area contributed by atoms with Crippen molar-refractivity contribution in [3.8, 4) is 11.8 Å². The maximum Gasteiger partial charge on any atom is 0.182 e. The van der Waals surface area contributed by atoms with Crippen molar-refractivity contribution in [1.82, 2.24) is 0 Å². The van der Waals surface area contributed by atoms with Crippen molar-refractivity contribution in [2.45, 2.75) is 51.7 Å². The highest BCUT2D eigenvalue weighted by atomic mass is 16.5. The Balaban J connectivity index is 2.71. The Labute approximate surface area is 86.0 Å². The maximum atomic E-state index is 10.1. The van der Waals surface area contributed by atoms with Crippen molar-refractivity contribution in [1.29, 1.82) is 0 Å². The zero-order chi connectivity index (χ0) is 10.6. The zero-order valence-electron chi connectivity index (χ0n) is 9.13. The van der Waals surface area contributed by atoms with E-state index in [1.165, 1.54) is 0 Å². The number of ether oxygens (including phenoxy) is 1. The molecule has 0 heterocycles. The van der Waals surface area contributed by atoms with Crippen LogP contribution in [0.25, 0.3) is 0 Å². The Morgan fingerprint density at radius 1 is 1.71 bits per heavy atom. The first kappa shape index (κ1) is 11.1. The highest BCUT2D eigenvalue weighted by Gasteiger charge is 2.35. The lowest BCUT2D eigenvalue weighted by molar-refractivity contribution is 0.0300. The quantitative estimate of drug-likeness (QED) is 0.698. The van der Waals surface area contributed by atoms with E-state index in [0.29, 0.717) is 12.2 Å². The standard InChI is InChI=1S/C12H18O2/c1-4-8-12(13)9-6-7-11(12)14-10(3)5-2/h7,10,13H,5-6,9H2,1-3H3. The second-order valence-corrected chi connectivity index (χ2v) is 3.68. The predicted octanol–water partition coefficient (Wildman–Crippen LogP) is 2.23. The Hall–Kier alpha value is -0.940. The number of rotatable bonds is 3. The molecule has 0 fully saturated rings. The molecule has 0 aromatic heterocycles. The van der Waals surface area contributed by atoms with E-state index in [1.807, 2.05) is 13.0 Å². The van der Waals surface area contributed by atoms with Crippen LogP contribution in [0, 0.1) is 11.8 Å². The average molecular weight is 194 g/mol. The molecule has 2 heteroatoms. The summed E-state index contributed by atoms with van der Waals surface area (Å²) in [6, 6.07) is 0. The fourth-order valence-electron chi connectivity index (χ4n) is 1.48. The second kappa shape index (κ2) is 4.52. The molecule has 0 amide bonds. The van der Waals surface area contributed by atoms with Crippen molar-refractivity contribution in [3.05, 3.63) is 11.8 Å². The van der Waals surface area contributed by atoms with E-state index in [4.69, 9.17) is 4.74 Å². The van der Waals surface area contributed by atoms with Gasteiger partial charge in [0.15, 0.2) is 5.60 Å². The summed E-state index contributed by atoms with van der Waals surface area (Å²) in [6.07, 6.45) is 4.52. The van der Waals surface area contributed by atoms with Gasteiger partial charge >= 0.3 is 0 Å². The van der Waals surface area contributed by atoms with Gasteiger partial charge in [-0.05, 0) is 39.2 Å². The van der Waals surface area contributed by atoms with Crippen molar-refractivity contribution in [3.63, 3.8) is 0 Å². The molecule has 0 saturated carbocycles. The average Bonchev–Trinajstić information content (AvgIpc) is 2.48. The Kier molecular flexibility index (Phi) is 3.60. The van der Waals surface area contributed by atoms with Crippen molar-refractivity contribution >= 4 is 0 Å². The molecule has 2 atom stereocenters. The zero-order valence-corrected chi connectivity index (χ0v) is 9.13. The molecule has 0 saturated heterocycles. The third-order valence-electron chi connectivity index (χ3n) is 2.48. The van der Waals surface area contributed by atoms with Gasteiger partial charge in [-0.25, -0.2) is 0 Å². The number of hydrogen-bond acceptors (Lipinski definition) is 2. The molecule has 0 aliphatic heterocycles. The molecule has 0 radical (unpaired) electrons. The lowest BCUT2D eigenvalue weighted by Gasteiger charge is -2.23. The molecular weight excluding hydrogens is 176 g/mol. The lowest BCUT2D eigenvalue weighted by Crippen LogP contribution is -2.29. The van der Waals surface area contributed by atoms with Gasteiger partial charge in [0.2, 0.25) is 0 Å². The van der Waals surface area contributed by atoms with Crippen LogP contribution in [0.4, 0.5) is 0 Å². The van der Waals surface area contributed by atoms with Gasteiger partial charge in [-0.15, -0.1) is 5.92 Å². The lowest BCUT2D eigenvalue weighted by atomic mass is 10.0. The number of aliphatic hydroxyl groups is 1. The minimum Gasteiger partial charge on any atom is -0.491 e. The Bertz CT molecular complexity index is 282. The topological polar surface area (TPSA) is 29.5 Å². The van der Waals surface area contributed by atoms with E-state index < -0.39 is 5.60 Å². The molecule has 0 aromatic rings. The van der Waals surface area contributed by atoms with Crippen LogP contribution in [0.3, 0.4) is 0 Å². The molecule has 1 rings (SSSR count). The van der Waals surface area contributed by atoms with Gasteiger partial charge in [-0.2, -0.15) is 0 Å². The summed E-state index contributed by atoms with van der Waals surface area (Å²) >= 11 is 0. The van der Waals surface area contributed by atoms with Crippen LogP contribution in [0.1, 0.15) is 40.0 Å². The third kappa shape index (κ3) is 2.30. The summed E-state index contributed by atoms with van der Waals surface area (Å²) in [5.41, 5.74) is -1.03. The van der Waals surface area contributed by atoms with Crippen LogP contribution >= 0.6 is 0 Å². The van der Waals surface area contributed by atoms with Gasteiger partial charge in [0.1, 0.15) is 5.76 Å². The first-order chi connectivity index (χ1) is 6.62. The molecule has 1 N–H and O–H groups in total. The van der Waals surface area contributed by atoms with Gasteiger partial charge in [-0.3, -0.25) is 0 Å². The van der Waals surface area contributed by atoms with Gasteiger partial charge in [0.05, 0.1) is 6.10 Å². The van der Waals surface area contributed by atoms with E-state index in [2.05, 4.69) is 18.8 Å². The van der Waals surface area contributed by atoms with Crippen LogP contribution in [0.2, 0.25) is 0 Å². The predicted molar refractivity (Wildman–Crippen MR) is 56.6 cm³/mol. The summed E-state index contributed by atoms with van der Waals surface area (Å²) in [5.74, 6) is 6.20. The molecule has 78 valence electrons.